The van der Waals surface area contributed by atoms with Gasteiger partial charge in [0.2, 0.25) is 0 Å². The van der Waals surface area contributed by atoms with Gasteiger partial charge in [0, 0.05) is 57.2 Å². The summed E-state index contributed by atoms with van der Waals surface area (Å²) >= 11 is 0. The summed E-state index contributed by atoms with van der Waals surface area (Å²) in [4.78, 5) is 59.8. The minimum Gasteiger partial charge on any atom is -0.465 e. The maximum absolute atomic E-state index is 14.4. The molecule has 5 rings (SSSR count). The molecule has 1 aliphatic rings. The Kier molecular flexibility index (Phi) is 9.86. The standard InChI is InChI=1S/C37H44N8O5/c1-21(2)29-31(22(3)13-14-39-29)45-33-27(32(41-35(45)47)44-16-15-43(20-23(44)4)36(48)50-37(5,6)7)18-25(19-38)30(40-33)26-17-24(34(46)49-10)11-12-28(26)42(8)9/h11-14,17-18,21,23H,15-16,20H2,1-10H3/t23-/m0/s1. The van der Waals surface area contributed by atoms with Crippen LogP contribution in [0, 0.1) is 18.3 Å². The number of pyridine rings is 2. The molecule has 0 saturated carbocycles. The van der Waals surface area contributed by atoms with Crippen molar-refractivity contribution in [3.8, 4) is 23.0 Å². The number of hydrogen-bond acceptors (Lipinski definition) is 11. The quantitative estimate of drug-likeness (QED) is 0.240. The lowest BCUT2D eigenvalue weighted by molar-refractivity contribution is 0.0218. The van der Waals surface area contributed by atoms with Gasteiger partial charge in [0.25, 0.3) is 0 Å². The van der Waals surface area contributed by atoms with Gasteiger partial charge in [-0.25, -0.2) is 23.9 Å². The van der Waals surface area contributed by atoms with Gasteiger partial charge in [-0.05, 0) is 76.4 Å². The fraction of sp³-hybridized carbons (Fsp3) is 0.432. The Labute approximate surface area is 292 Å². The first-order chi connectivity index (χ1) is 23.6. The molecule has 262 valence electrons. The lowest BCUT2D eigenvalue weighted by Gasteiger charge is -2.41. The smallest absolute Gasteiger partial charge is 0.410 e. The van der Waals surface area contributed by atoms with Gasteiger partial charge in [0.15, 0.2) is 5.65 Å². The highest BCUT2D eigenvalue weighted by Crippen LogP contribution is 2.37. The summed E-state index contributed by atoms with van der Waals surface area (Å²) in [6.07, 6.45) is 1.30. The van der Waals surface area contributed by atoms with Crippen molar-refractivity contribution in [2.45, 2.75) is 66.0 Å². The number of anilines is 2. The minimum absolute atomic E-state index is 0.0394. The number of ether oxygens (including phenoxy) is 2. The van der Waals surface area contributed by atoms with Gasteiger partial charge in [-0.3, -0.25) is 4.98 Å². The van der Waals surface area contributed by atoms with Crippen LogP contribution in [0.4, 0.5) is 16.3 Å². The monoisotopic (exact) mass is 680 g/mol. The maximum atomic E-state index is 14.4. The molecule has 13 nitrogen and oxygen atoms in total. The number of benzene rings is 1. The fourth-order valence-electron chi connectivity index (χ4n) is 6.25. The molecule has 4 aromatic rings. The largest absolute Gasteiger partial charge is 0.465 e. The molecule has 1 atom stereocenters. The molecule has 1 fully saturated rings. The Bertz CT molecular complexity index is 2080. The third kappa shape index (κ3) is 6.83. The molecule has 1 amide bonds. The van der Waals surface area contributed by atoms with Gasteiger partial charge in [-0.2, -0.15) is 10.2 Å². The highest BCUT2D eigenvalue weighted by atomic mass is 16.6. The topological polar surface area (TPSA) is 147 Å². The van der Waals surface area contributed by atoms with Crippen LogP contribution < -0.4 is 15.5 Å². The van der Waals surface area contributed by atoms with Crippen molar-refractivity contribution >= 4 is 34.6 Å². The van der Waals surface area contributed by atoms with Gasteiger partial charge in [-0.1, -0.05) is 13.8 Å². The summed E-state index contributed by atoms with van der Waals surface area (Å²) in [6.45, 7) is 14.4. The average molecular weight is 681 g/mol. The lowest BCUT2D eigenvalue weighted by Crippen LogP contribution is -2.55. The fourth-order valence-corrected chi connectivity index (χ4v) is 6.25. The highest BCUT2D eigenvalue weighted by Gasteiger charge is 2.33. The molecule has 0 spiro atoms. The molecule has 1 aliphatic heterocycles. The Hall–Kier alpha value is -5.51. The molecule has 13 heteroatoms. The van der Waals surface area contributed by atoms with Crippen molar-refractivity contribution in [1.82, 2.24) is 24.4 Å². The molecular weight excluding hydrogens is 636 g/mol. The van der Waals surface area contributed by atoms with E-state index in [1.54, 1.807) is 35.4 Å². The number of piperazine rings is 1. The van der Waals surface area contributed by atoms with E-state index in [1.165, 1.54) is 11.7 Å². The zero-order valence-electron chi connectivity index (χ0n) is 30.4. The number of methoxy groups -OCH3 is 1. The molecule has 0 bridgehead atoms. The number of esters is 1. The SMILES string of the molecule is COC(=O)c1ccc(N(C)C)c(-c2nc3c(cc2C#N)c(N2CCN(C(=O)OC(C)(C)C)C[C@@H]2C)nc(=O)n3-c2c(C)ccnc2C(C)C)c1. The number of nitrogens with zero attached hydrogens (tertiary/aromatic N) is 8. The average Bonchev–Trinajstić information content (AvgIpc) is 3.06. The molecule has 4 heterocycles. The Morgan fingerprint density at radius 2 is 1.82 bits per heavy atom. The lowest BCUT2D eigenvalue weighted by atomic mass is 9.99. The number of carbonyl (C=O) groups is 2. The van der Waals surface area contributed by atoms with Crippen LogP contribution in [0.3, 0.4) is 0 Å². The van der Waals surface area contributed by atoms with Crippen LogP contribution in [-0.2, 0) is 9.47 Å². The van der Waals surface area contributed by atoms with E-state index in [0.29, 0.717) is 53.5 Å². The van der Waals surface area contributed by atoms with E-state index >= 15 is 0 Å². The number of amides is 1. The van der Waals surface area contributed by atoms with E-state index < -0.39 is 23.4 Å². The van der Waals surface area contributed by atoms with Crippen LogP contribution in [0.1, 0.15) is 74.6 Å². The normalized spacial score (nSPS) is 14.9. The van der Waals surface area contributed by atoms with E-state index in [-0.39, 0.29) is 34.4 Å². The zero-order valence-corrected chi connectivity index (χ0v) is 30.4. The third-order valence-corrected chi connectivity index (χ3v) is 8.60. The molecule has 0 N–H and O–H groups in total. The maximum Gasteiger partial charge on any atom is 0.410 e. The van der Waals surface area contributed by atoms with Gasteiger partial charge in [-0.15, -0.1) is 0 Å². The number of nitriles is 1. The van der Waals surface area contributed by atoms with Crippen molar-refractivity contribution < 1.29 is 19.1 Å². The van der Waals surface area contributed by atoms with Crippen molar-refractivity contribution in [3.63, 3.8) is 0 Å². The predicted octanol–water partition coefficient (Wildman–Crippen LogP) is 5.44. The van der Waals surface area contributed by atoms with E-state index in [0.717, 1.165) is 5.56 Å². The molecule has 0 aliphatic carbocycles. The summed E-state index contributed by atoms with van der Waals surface area (Å²) in [7, 11) is 5.02. The van der Waals surface area contributed by atoms with E-state index in [9.17, 15) is 19.6 Å². The van der Waals surface area contributed by atoms with Crippen LogP contribution in [-0.4, -0.2) is 89.0 Å². The first-order valence-corrected chi connectivity index (χ1v) is 16.5. The van der Waals surface area contributed by atoms with Crippen molar-refractivity contribution in [2.75, 3.05) is 50.6 Å². The van der Waals surface area contributed by atoms with E-state index in [2.05, 4.69) is 16.0 Å². The van der Waals surface area contributed by atoms with Crippen LogP contribution in [0.5, 0.6) is 0 Å². The van der Waals surface area contributed by atoms with Gasteiger partial charge in [0.1, 0.15) is 17.5 Å². The molecule has 0 unspecified atom stereocenters. The number of carbonyl (C=O) groups excluding carboxylic acids is 2. The van der Waals surface area contributed by atoms with Crippen molar-refractivity contribution in [2.24, 2.45) is 0 Å². The van der Waals surface area contributed by atoms with Gasteiger partial charge in [0.05, 0.1) is 40.7 Å². The second-order valence-electron chi connectivity index (χ2n) is 14.0. The van der Waals surface area contributed by atoms with E-state index in [4.69, 9.17) is 14.5 Å². The molecule has 1 saturated heterocycles. The Morgan fingerprint density at radius 1 is 1.10 bits per heavy atom. The summed E-state index contributed by atoms with van der Waals surface area (Å²) < 4.78 is 12.1. The predicted molar refractivity (Wildman–Crippen MR) is 192 cm³/mol. The number of fused-ring (bicyclic) bond motifs is 1. The van der Waals surface area contributed by atoms with Crippen LogP contribution in [0.15, 0.2) is 41.3 Å². The number of hydrogen-bond donors (Lipinski definition) is 0. The van der Waals surface area contributed by atoms with Crippen LogP contribution in [0.2, 0.25) is 0 Å². The van der Waals surface area contributed by atoms with Gasteiger partial charge < -0.3 is 24.2 Å². The molecule has 1 aromatic carbocycles. The minimum atomic E-state index is -0.640. The summed E-state index contributed by atoms with van der Waals surface area (Å²) in [6, 6.07) is 10.7. The summed E-state index contributed by atoms with van der Waals surface area (Å²) in [5, 5.41) is 11.1. The first kappa shape index (κ1) is 35.8. The Morgan fingerprint density at radius 3 is 2.42 bits per heavy atom. The number of rotatable bonds is 6. The van der Waals surface area contributed by atoms with Crippen molar-refractivity contribution in [1.29, 1.82) is 5.26 Å². The zero-order chi connectivity index (χ0) is 36.7. The van der Waals surface area contributed by atoms with Crippen molar-refractivity contribution in [3.05, 3.63) is 69.4 Å². The second-order valence-corrected chi connectivity index (χ2v) is 14.0. The second kappa shape index (κ2) is 13.8. The number of aryl methyl sites for hydroxylation is 1. The Balaban J connectivity index is 1.81. The molecular formula is C37H44N8O5. The van der Waals surface area contributed by atoms with Gasteiger partial charge >= 0.3 is 17.8 Å². The summed E-state index contributed by atoms with van der Waals surface area (Å²) in [5.74, 6) is -0.217. The van der Waals surface area contributed by atoms with E-state index in [1.807, 2.05) is 78.4 Å². The summed E-state index contributed by atoms with van der Waals surface area (Å²) in [5.41, 5.74) is 3.15. The third-order valence-electron chi connectivity index (χ3n) is 8.60. The highest BCUT2D eigenvalue weighted by molar-refractivity contribution is 5.96. The molecule has 3 aromatic heterocycles. The first-order valence-electron chi connectivity index (χ1n) is 16.5. The number of aromatic nitrogens is 4. The molecule has 0 radical (unpaired) electrons. The van der Waals surface area contributed by atoms with Crippen LogP contribution >= 0.6 is 0 Å². The van der Waals surface area contributed by atoms with Crippen LogP contribution in [0.25, 0.3) is 28.0 Å². The molecule has 50 heavy (non-hydrogen) atoms.